The van der Waals surface area contributed by atoms with Gasteiger partial charge in [0.1, 0.15) is 5.75 Å². The van der Waals surface area contributed by atoms with E-state index in [1.165, 1.54) is 11.1 Å². The summed E-state index contributed by atoms with van der Waals surface area (Å²) in [7, 11) is -3.96. The van der Waals surface area contributed by atoms with Crippen molar-refractivity contribution in [3.05, 3.63) is 69.8 Å². The largest absolute Gasteiger partial charge is 0.490 e. The first-order valence-corrected chi connectivity index (χ1v) is 17.2. The Morgan fingerprint density at radius 3 is 2.74 bits per heavy atom. The van der Waals surface area contributed by atoms with E-state index < -0.39 is 27.3 Å². The molecule has 0 unspecified atom stereocenters. The monoisotopic (exact) mass is 622 g/mol. The Labute approximate surface area is 259 Å². The van der Waals surface area contributed by atoms with Crippen molar-refractivity contribution < 1.29 is 23.1 Å². The van der Waals surface area contributed by atoms with Gasteiger partial charge in [-0.1, -0.05) is 23.6 Å². The minimum Gasteiger partial charge on any atom is -0.490 e. The van der Waals surface area contributed by atoms with Gasteiger partial charge in [-0.2, -0.15) is 0 Å². The minimum atomic E-state index is -3.96. The first kappa shape index (κ1) is 30.1. The van der Waals surface area contributed by atoms with Gasteiger partial charge in [0.15, 0.2) is 0 Å². The molecule has 2 aliphatic heterocycles. The number of sulfonamides is 1. The number of allylic oxidation sites excluding steroid dienone is 1. The Kier molecular flexibility index (Phi) is 8.27. The van der Waals surface area contributed by atoms with E-state index in [2.05, 4.69) is 33.6 Å². The number of fused-ring (bicyclic) bond motifs is 4. The van der Waals surface area contributed by atoms with Crippen LogP contribution in [0.4, 0.5) is 5.69 Å². The molecule has 2 aliphatic carbocycles. The molecule has 2 aromatic carbocycles. The van der Waals surface area contributed by atoms with Crippen molar-refractivity contribution in [3.63, 3.8) is 0 Å². The number of anilines is 1. The molecule has 2 bridgehead atoms. The van der Waals surface area contributed by atoms with Crippen LogP contribution in [0.2, 0.25) is 5.02 Å². The lowest BCUT2D eigenvalue weighted by Crippen LogP contribution is -2.48. The van der Waals surface area contributed by atoms with E-state index in [0.717, 1.165) is 54.9 Å². The third-order valence-corrected chi connectivity index (χ3v) is 11.8. The number of benzene rings is 2. The molecule has 9 heteroatoms. The topological polar surface area (TPSA) is 95.9 Å². The molecule has 5 atom stereocenters. The number of aryl methyl sites for hydroxylation is 1. The summed E-state index contributed by atoms with van der Waals surface area (Å²) in [6, 6.07) is 11.4. The van der Waals surface area contributed by atoms with Crippen molar-refractivity contribution in [1.82, 2.24) is 4.72 Å². The number of rotatable bonds is 0. The van der Waals surface area contributed by atoms with Crippen molar-refractivity contribution in [1.29, 1.82) is 0 Å². The third-order valence-electron chi connectivity index (χ3n) is 9.85. The van der Waals surface area contributed by atoms with Crippen LogP contribution in [-0.2, 0) is 21.9 Å². The number of hydrogen-bond donors (Lipinski definition) is 2. The molecule has 2 heterocycles. The Bertz CT molecular complexity index is 1630. The first-order valence-electron chi connectivity index (χ1n) is 15.3. The van der Waals surface area contributed by atoms with Crippen LogP contribution in [0.1, 0.15) is 73.9 Å². The van der Waals surface area contributed by atoms with Gasteiger partial charge in [0.25, 0.3) is 5.91 Å². The number of carbonyl (C=O) groups excluding carboxylic acids is 1. The number of aliphatic hydroxyl groups excluding tert-OH is 1. The summed E-state index contributed by atoms with van der Waals surface area (Å²) in [5, 5.41) is 10.8. The zero-order valence-corrected chi connectivity index (χ0v) is 26.3. The minimum absolute atomic E-state index is 0.198. The van der Waals surface area contributed by atoms with Crippen LogP contribution in [0.15, 0.2) is 48.0 Å². The van der Waals surface area contributed by atoms with Gasteiger partial charge in [-0.05, 0) is 118 Å². The average molecular weight is 623 g/mol. The second-order valence-corrected chi connectivity index (χ2v) is 15.2. The highest BCUT2D eigenvalue weighted by atomic mass is 35.5. The Morgan fingerprint density at radius 2 is 1.98 bits per heavy atom. The smallest absolute Gasteiger partial charge is 0.264 e. The molecule has 0 saturated heterocycles. The van der Waals surface area contributed by atoms with Crippen LogP contribution in [-0.4, -0.2) is 50.5 Å². The van der Waals surface area contributed by atoms with Gasteiger partial charge in [-0.15, -0.1) is 5.92 Å². The van der Waals surface area contributed by atoms with E-state index in [9.17, 15) is 18.3 Å². The lowest BCUT2D eigenvalue weighted by molar-refractivity contribution is 0.0981. The number of hydrogen-bond acceptors (Lipinski definition) is 6. The lowest BCUT2D eigenvalue weighted by atomic mass is 9.68. The number of amides is 1. The highest BCUT2D eigenvalue weighted by Gasteiger charge is 2.44. The van der Waals surface area contributed by atoms with E-state index >= 15 is 0 Å². The number of nitrogens with zero attached hydrogens (tertiary/aromatic N) is 1. The molecular formula is C34H39ClN2O5S. The maximum Gasteiger partial charge on any atom is 0.264 e. The van der Waals surface area contributed by atoms with E-state index in [0.29, 0.717) is 24.8 Å². The molecule has 43 heavy (non-hydrogen) atoms. The fourth-order valence-corrected chi connectivity index (χ4v) is 8.50. The predicted molar refractivity (Wildman–Crippen MR) is 169 cm³/mol. The van der Waals surface area contributed by atoms with Crippen LogP contribution in [0.25, 0.3) is 0 Å². The quantitative estimate of drug-likeness (QED) is 0.383. The van der Waals surface area contributed by atoms with Crippen molar-refractivity contribution in [2.24, 2.45) is 11.8 Å². The normalized spacial score (nSPS) is 31.4. The molecule has 0 radical (unpaired) electrons. The molecule has 228 valence electrons. The van der Waals surface area contributed by atoms with Gasteiger partial charge in [0.2, 0.25) is 10.0 Å². The summed E-state index contributed by atoms with van der Waals surface area (Å²) < 4.78 is 35.0. The van der Waals surface area contributed by atoms with E-state index in [-0.39, 0.29) is 29.7 Å². The van der Waals surface area contributed by atoms with Crippen molar-refractivity contribution in [2.75, 3.05) is 24.6 Å². The first-order chi connectivity index (χ1) is 20.6. The summed E-state index contributed by atoms with van der Waals surface area (Å²) in [5.74, 6) is 6.80. The van der Waals surface area contributed by atoms with E-state index in [1.54, 1.807) is 32.0 Å². The van der Waals surface area contributed by atoms with Gasteiger partial charge in [-0.3, -0.25) is 4.79 Å². The Balaban J connectivity index is 1.45. The highest BCUT2D eigenvalue weighted by Crippen LogP contribution is 2.47. The van der Waals surface area contributed by atoms with Crippen LogP contribution in [0.3, 0.4) is 0 Å². The summed E-state index contributed by atoms with van der Waals surface area (Å²) in [5.41, 5.74) is 4.23. The molecule has 0 aromatic heterocycles. The zero-order valence-electron chi connectivity index (χ0n) is 24.7. The number of carbonyl (C=O) groups is 1. The fraction of sp³-hybridized carbons (Fsp3) is 0.500. The predicted octanol–water partition coefficient (Wildman–Crippen LogP) is 5.39. The van der Waals surface area contributed by atoms with E-state index in [1.807, 2.05) is 12.1 Å². The summed E-state index contributed by atoms with van der Waals surface area (Å²) in [4.78, 5) is 15.6. The summed E-state index contributed by atoms with van der Waals surface area (Å²) in [6.45, 7) is 5.28. The fourth-order valence-electron chi connectivity index (χ4n) is 7.28. The zero-order chi connectivity index (χ0) is 30.4. The second kappa shape index (κ2) is 11.8. The average Bonchev–Trinajstić information content (AvgIpc) is 3.10. The standard InChI is InChI=1S/C34H39ClN2O5S/c1-3-5-23-17-28(38)11-7-22(2)43(40,41)36-33(39)25-9-14-32-31(18-25)37(19-26-8-12-29(23)26)20-34(21-42-32)15-4-6-24-16-27(35)10-13-30(24)34/h9-10,13-14,16-18,22,26,28-29,38H,4,6-8,11-12,15,19-21H2,1-2H3,(H,36,39)/b23-17+/t22-,26+,28-,29+,34+/m1/s1. The molecule has 4 aliphatic rings. The van der Waals surface area contributed by atoms with Gasteiger partial charge in [0.05, 0.1) is 23.6 Å². The second-order valence-electron chi connectivity index (χ2n) is 12.7. The summed E-state index contributed by atoms with van der Waals surface area (Å²) >= 11 is 6.40. The molecule has 6 rings (SSSR count). The van der Waals surface area contributed by atoms with Gasteiger partial charge >= 0.3 is 0 Å². The molecule has 2 aromatic rings. The number of ether oxygens (including phenoxy) is 1. The SMILES string of the molecule is CC#C/C1=C\[C@H](O)CC[C@@H](C)S(=O)(=O)NC(=O)c2ccc3c(c2)N(C[C@@H]2CC[C@@H]12)C[C@@]1(CCCc2cc(Cl)ccc21)CO3. The molecule has 2 N–H and O–H groups in total. The van der Waals surface area contributed by atoms with Crippen molar-refractivity contribution in [3.8, 4) is 17.6 Å². The number of aliphatic hydroxyl groups is 1. The maximum atomic E-state index is 13.3. The van der Waals surface area contributed by atoms with Crippen molar-refractivity contribution >= 4 is 33.2 Å². The molecule has 1 spiro atoms. The molecule has 7 nitrogen and oxygen atoms in total. The lowest BCUT2D eigenvalue weighted by Gasteiger charge is -2.44. The Morgan fingerprint density at radius 1 is 1.14 bits per heavy atom. The number of nitrogens with one attached hydrogen (secondary N) is 1. The number of halogens is 1. The highest BCUT2D eigenvalue weighted by molar-refractivity contribution is 7.90. The van der Waals surface area contributed by atoms with Crippen LogP contribution < -0.4 is 14.4 Å². The van der Waals surface area contributed by atoms with Gasteiger partial charge in [0, 0.05) is 34.7 Å². The van der Waals surface area contributed by atoms with Crippen molar-refractivity contribution in [2.45, 2.75) is 75.6 Å². The molecule has 1 saturated carbocycles. The van der Waals surface area contributed by atoms with E-state index in [4.69, 9.17) is 16.3 Å². The van der Waals surface area contributed by atoms with Crippen LogP contribution in [0.5, 0.6) is 5.75 Å². The van der Waals surface area contributed by atoms with Crippen LogP contribution >= 0.6 is 11.6 Å². The molecule has 1 amide bonds. The van der Waals surface area contributed by atoms with Gasteiger partial charge < -0.3 is 14.7 Å². The van der Waals surface area contributed by atoms with Crippen LogP contribution in [0, 0.1) is 23.7 Å². The van der Waals surface area contributed by atoms with Gasteiger partial charge in [-0.25, -0.2) is 13.1 Å². The third kappa shape index (κ3) is 5.92. The maximum absolute atomic E-state index is 13.3. The Hall–Kier alpha value is -2.99. The molecule has 1 fully saturated rings. The molecular weight excluding hydrogens is 584 g/mol. The summed E-state index contributed by atoms with van der Waals surface area (Å²) in [6.07, 6.45) is 6.43.